The minimum atomic E-state index is -3.11. The summed E-state index contributed by atoms with van der Waals surface area (Å²) in [5, 5.41) is 2.84. The highest BCUT2D eigenvalue weighted by Crippen LogP contribution is 2.20. The van der Waals surface area contributed by atoms with Crippen LogP contribution < -0.4 is 11.1 Å². The number of hydrogen-bond acceptors (Lipinski definition) is 4. The molecule has 1 rings (SSSR count). The van der Waals surface area contributed by atoms with Crippen molar-refractivity contribution in [3.63, 3.8) is 0 Å². The van der Waals surface area contributed by atoms with Crippen molar-refractivity contribution in [2.24, 2.45) is 5.73 Å². The predicted octanol–water partition coefficient (Wildman–Crippen LogP) is 1.66. The summed E-state index contributed by atoms with van der Waals surface area (Å²) in [7, 11) is -3.11. The fourth-order valence-corrected chi connectivity index (χ4v) is 2.80. The van der Waals surface area contributed by atoms with E-state index in [1.165, 1.54) is 0 Å². The number of carbonyl (C=O) groups is 1. The lowest BCUT2D eigenvalue weighted by Crippen LogP contribution is -2.42. The van der Waals surface area contributed by atoms with E-state index in [0.29, 0.717) is 0 Å². The zero-order chi connectivity index (χ0) is 16.2. The molecule has 1 aromatic rings. The number of nitrogens with two attached hydrogens (primary N) is 1. The minimum Gasteiger partial charge on any atom is -0.348 e. The van der Waals surface area contributed by atoms with Gasteiger partial charge < -0.3 is 11.1 Å². The molecule has 1 amide bonds. The first-order chi connectivity index (χ1) is 9.61. The van der Waals surface area contributed by atoms with E-state index in [1.54, 1.807) is 0 Å². The number of hydrogen-bond donors (Lipinski definition) is 2. The summed E-state index contributed by atoms with van der Waals surface area (Å²) in [6.07, 6.45) is 1.26. The summed E-state index contributed by atoms with van der Waals surface area (Å²) < 4.78 is 22.2. The Morgan fingerprint density at radius 2 is 1.91 bits per heavy atom. The molecular formula is C15H25ClN2O3S. The highest BCUT2D eigenvalue weighted by molar-refractivity contribution is 7.90. The van der Waals surface area contributed by atoms with Crippen LogP contribution in [0.1, 0.15) is 36.1 Å². The largest absolute Gasteiger partial charge is 0.348 e. The Morgan fingerprint density at radius 3 is 2.45 bits per heavy atom. The molecule has 0 heterocycles. The van der Waals surface area contributed by atoms with Gasteiger partial charge >= 0.3 is 0 Å². The Hall–Kier alpha value is -1.11. The van der Waals surface area contributed by atoms with Gasteiger partial charge in [0.05, 0.1) is 17.8 Å². The Bertz CT molecular complexity index is 617. The van der Waals surface area contributed by atoms with Crippen LogP contribution in [0.5, 0.6) is 0 Å². The molecule has 0 saturated carbocycles. The van der Waals surface area contributed by atoms with Crippen LogP contribution >= 0.6 is 12.4 Å². The maximum Gasteiger partial charge on any atom is 0.237 e. The molecule has 0 saturated heterocycles. The van der Waals surface area contributed by atoms with Crippen molar-refractivity contribution in [1.82, 2.24) is 5.32 Å². The maximum atomic E-state index is 12.0. The first kappa shape index (κ1) is 20.9. The van der Waals surface area contributed by atoms with Gasteiger partial charge in [-0.25, -0.2) is 8.42 Å². The molecule has 1 aromatic carbocycles. The molecule has 0 aliphatic heterocycles. The fraction of sp³-hybridized carbons (Fsp3) is 0.533. The van der Waals surface area contributed by atoms with E-state index in [0.717, 1.165) is 22.9 Å². The van der Waals surface area contributed by atoms with Crippen molar-refractivity contribution < 1.29 is 13.2 Å². The highest BCUT2D eigenvalue weighted by atomic mass is 35.5. The molecule has 0 aliphatic carbocycles. The van der Waals surface area contributed by atoms with Gasteiger partial charge in [-0.05, 0) is 43.9 Å². The minimum absolute atomic E-state index is 0. The van der Waals surface area contributed by atoms with Gasteiger partial charge in [0.1, 0.15) is 9.84 Å². The smallest absolute Gasteiger partial charge is 0.237 e. The van der Waals surface area contributed by atoms with Crippen molar-refractivity contribution in [3.05, 3.63) is 34.9 Å². The molecule has 0 spiro atoms. The van der Waals surface area contributed by atoms with E-state index in [1.807, 2.05) is 39.0 Å². The third-order valence-electron chi connectivity index (χ3n) is 3.61. The second-order valence-corrected chi connectivity index (χ2v) is 7.80. The summed E-state index contributed by atoms with van der Waals surface area (Å²) in [5.41, 5.74) is 9.08. The number of aryl methyl sites for hydroxylation is 1. The molecule has 2 atom stereocenters. The molecule has 2 unspecified atom stereocenters. The third kappa shape index (κ3) is 6.34. The molecule has 126 valence electrons. The standard InChI is InChI=1S/C15H24N2O3S.ClH/c1-10-6-5-7-13(11(10)2)12(3)17-15(18)14(16)8-9-21(4,19)20;/h5-7,12,14H,8-9,16H2,1-4H3,(H,17,18);1H. The van der Waals surface area contributed by atoms with Crippen molar-refractivity contribution >= 4 is 28.2 Å². The summed E-state index contributed by atoms with van der Waals surface area (Å²) in [6.45, 7) is 5.92. The molecule has 0 aliphatic rings. The van der Waals surface area contributed by atoms with Crippen LogP contribution in [0, 0.1) is 13.8 Å². The Balaban J connectivity index is 0.00000441. The normalized spacial score (nSPS) is 13.9. The van der Waals surface area contributed by atoms with Gasteiger partial charge in [0.15, 0.2) is 0 Å². The van der Waals surface area contributed by atoms with Crippen LogP contribution in [0.25, 0.3) is 0 Å². The SMILES string of the molecule is Cc1cccc(C(C)NC(=O)C(N)CCS(C)(=O)=O)c1C.Cl. The van der Waals surface area contributed by atoms with Gasteiger partial charge in [-0.3, -0.25) is 4.79 Å². The Morgan fingerprint density at radius 1 is 1.32 bits per heavy atom. The molecule has 0 aromatic heterocycles. The zero-order valence-corrected chi connectivity index (χ0v) is 15.1. The lowest BCUT2D eigenvalue weighted by Gasteiger charge is -2.20. The average molecular weight is 349 g/mol. The zero-order valence-electron chi connectivity index (χ0n) is 13.4. The average Bonchev–Trinajstić information content (AvgIpc) is 2.38. The number of rotatable bonds is 6. The summed E-state index contributed by atoms with van der Waals surface area (Å²) in [5.74, 6) is -0.411. The molecule has 7 heteroatoms. The van der Waals surface area contributed by atoms with Crippen molar-refractivity contribution in [2.45, 2.75) is 39.3 Å². The van der Waals surface area contributed by atoms with Gasteiger partial charge in [-0.15, -0.1) is 12.4 Å². The summed E-state index contributed by atoms with van der Waals surface area (Å²) in [6, 6.07) is 4.96. The number of nitrogens with one attached hydrogen (secondary N) is 1. The Labute approximate surface area is 139 Å². The lowest BCUT2D eigenvalue weighted by atomic mass is 9.98. The monoisotopic (exact) mass is 348 g/mol. The second-order valence-electron chi connectivity index (χ2n) is 5.54. The van der Waals surface area contributed by atoms with Gasteiger partial charge in [0, 0.05) is 6.26 Å². The van der Waals surface area contributed by atoms with Gasteiger partial charge in [-0.2, -0.15) is 0 Å². The van der Waals surface area contributed by atoms with E-state index < -0.39 is 15.9 Å². The first-order valence-electron chi connectivity index (χ1n) is 6.91. The fourth-order valence-electron chi connectivity index (χ4n) is 2.11. The number of halogens is 1. The van der Waals surface area contributed by atoms with Crippen LogP contribution in [0.2, 0.25) is 0 Å². The Kier molecular flexibility index (Phi) is 8.07. The molecule has 22 heavy (non-hydrogen) atoms. The topological polar surface area (TPSA) is 89.3 Å². The van der Waals surface area contributed by atoms with E-state index in [4.69, 9.17) is 5.73 Å². The van der Waals surface area contributed by atoms with Crippen molar-refractivity contribution in [2.75, 3.05) is 12.0 Å². The number of amides is 1. The van der Waals surface area contributed by atoms with Gasteiger partial charge in [-0.1, -0.05) is 18.2 Å². The van der Waals surface area contributed by atoms with E-state index in [9.17, 15) is 13.2 Å². The second kappa shape index (κ2) is 8.50. The summed E-state index contributed by atoms with van der Waals surface area (Å²) >= 11 is 0. The van der Waals surface area contributed by atoms with Crippen molar-refractivity contribution in [1.29, 1.82) is 0 Å². The third-order valence-corrected chi connectivity index (χ3v) is 4.59. The molecule has 0 bridgehead atoms. The predicted molar refractivity (Wildman–Crippen MR) is 92.0 cm³/mol. The van der Waals surface area contributed by atoms with Crippen molar-refractivity contribution in [3.8, 4) is 0 Å². The number of carbonyl (C=O) groups excluding carboxylic acids is 1. The van der Waals surface area contributed by atoms with Crippen LogP contribution in [-0.4, -0.2) is 32.4 Å². The van der Waals surface area contributed by atoms with E-state index in [-0.39, 0.29) is 36.5 Å². The molecular weight excluding hydrogens is 324 g/mol. The maximum absolute atomic E-state index is 12.0. The van der Waals surface area contributed by atoms with Gasteiger partial charge in [0.2, 0.25) is 5.91 Å². The highest BCUT2D eigenvalue weighted by Gasteiger charge is 2.19. The van der Waals surface area contributed by atoms with Gasteiger partial charge in [0.25, 0.3) is 0 Å². The van der Waals surface area contributed by atoms with E-state index >= 15 is 0 Å². The van der Waals surface area contributed by atoms with Crippen LogP contribution in [0.4, 0.5) is 0 Å². The quantitative estimate of drug-likeness (QED) is 0.818. The van der Waals surface area contributed by atoms with Crippen LogP contribution in [-0.2, 0) is 14.6 Å². The van der Waals surface area contributed by atoms with Crippen LogP contribution in [0.15, 0.2) is 18.2 Å². The van der Waals surface area contributed by atoms with Crippen LogP contribution in [0.3, 0.4) is 0 Å². The van der Waals surface area contributed by atoms with E-state index in [2.05, 4.69) is 5.32 Å². The molecule has 0 radical (unpaired) electrons. The summed E-state index contributed by atoms with van der Waals surface area (Å²) in [4.78, 5) is 12.0. The first-order valence-corrected chi connectivity index (χ1v) is 8.97. The lowest BCUT2D eigenvalue weighted by molar-refractivity contribution is -0.123. The molecule has 5 nitrogen and oxygen atoms in total. The number of benzene rings is 1. The number of sulfone groups is 1. The molecule has 3 N–H and O–H groups in total. The molecule has 0 fully saturated rings.